The molecule has 10 nitrogen and oxygen atoms in total. The number of carbonyl (C=O) groups excluding carboxylic acids is 1. The van der Waals surface area contributed by atoms with Gasteiger partial charge < -0.3 is 19.1 Å². The molecule has 0 unspecified atom stereocenters. The quantitative estimate of drug-likeness (QED) is 0.276. The summed E-state index contributed by atoms with van der Waals surface area (Å²) >= 11 is 0. The second kappa shape index (κ2) is 9.10. The summed E-state index contributed by atoms with van der Waals surface area (Å²) in [7, 11) is -4.04. The molecule has 0 aliphatic rings. The summed E-state index contributed by atoms with van der Waals surface area (Å²) in [5.41, 5.74) is 1.86. The summed E-state index contributed by atoms with van der Waals surface area (Å²) in [4.78, 5) is 23.1. The average molecular weight is 455 g/mol. The maximum Gasteiger partial charge on any atom is 0.339 e. The van der Waals surface area contributed by atoms with Crippen molar-refractivity contribution in [2.75, 3.05) is 11.9 Å². The summed E-state index contributed by atoms with van der Waals surface area (Å²) in [6.07, 6.45) is 6.88. The first-order chi connectivity index (χ1) is 15.4. The van der Waals surface area contributed by atoms with Gasteiger partial charge in [-0.25, -0.2) is 14.8 Å². The van der Waals surface area contributed by atoms with E-state index in [1.165, 1.54) is 24.3 Å². The Labute approximate surface area is 184 Å². The number of benzene rings is 2. The van der Waals surface area contributed by atoms with Crippen molar-refractivity contribution in [1.82, 2.24) is 24.8 Å². The van der Waals surface area contributed by atoms with Gasteiger partial charge in [0.15, 0.2) is 0 Å². The fourth-order valence-corrected chi connectivity index (χ4v) is 3.92. The molecule has 4 rings (SSSR count). The number of hydrogen-bond donors (Lipinski definition) is 3. The van der Waals surface area contributed by atoms with Crippen molar-refractivity contribution in [3.63, 3.8) is 0 Å². The lowest BCUT2D eigenvalue weighted by Crippen LogP contribution is -2.29. The lowest BCUT2D eigenvalue weighted by atomic mass is 10.3. The van der Waals surface area contributed by atoms with E-state index in [0.29, 0.717) is 17.6 Å². The van der Waals surface area contributed by atoms with Crippen LogP contribution in [-0.4, -0.2) is 40.5 Å². The minimum Gasteiger partial charge on any atom is -0.379 e. The van der Waals surface area contributed by atoms with Gasteiger partial charge in [0.25, 0.3) is 0 Å². The molecule has 0 aliphatic carbocycles. The zero-order valence-electron chi connectivity index (χ0n) is 17.3. The number of H-pyrrole nitrogens is 1. The van der Waals surface area contributed by atoms with E-state index in [4.69, 9.17) is 4.18 Å². The Hall–Kier alpha value is -3.86. The number of aromatic nitrogens is 4. The Bertz CT molecular complexity index is 1310. The number of imidazole rings is 2. The molecule has 2 aromatic heterocycles. The predicted octanol–water partition coefficient (Wildman–Crippen LogP) is 3.44. The molecule has 0 bridgehead atoms. The first-order valence-corrected chi connectivity index (χ1v) is 11.4. The molecule has 2 amide bonds. The lowest BCUT2D eigenvalue weighted by Gasteiger charge is -2.08. The fourth-order valence-electron chi connectivity index (χ4n) is 3.00. The summed E-state index contributed by atoms with van der Waals surface area (Å²) in [5.74, 6) is 0.366. The molecule has 0 atom stereocenters. The maximum absolute atomic E-state index is 12.7. The highest BCUT2D eigenvalue weighted by Gasteiger charge is 2.18. The van der Waals surface area contributed by atoms with Gasteiger partial charge >= 0.3 is 16.1 Å². The van der Waals surface area contributed by atoms with Crippen molar-refractivity contribution in [3.05, 3.63) is 61.2 Å². The maximum atomic E-state index is 12.7. The molecule has 2 aromatic carbocycles. The van der Waals surface area contributed by atoms with E-state index in [1.807, 2.05) is 6.92 Å². The molecule has 0 spiro atoms. The Kier molecular flexibility index (Phi) is 6.08. The van der Waals surface area contributed by atoms with Gasteiger partial charge in [-0.2, -0.15) is 8.42 Å². The fraction of sp³-hybridized carbons (Fsp3) is 0.190. The van der Waals surface area contributed by atoms with Gasteiger partial charge in [-0.05, 0) is 42.8 Å². The Morgan fingerprint density at radius 1 is 1.19 bits per heavy atom. The molecule has 0 aliphatic heterocycles. The Morgan fingerprint density at radius 3 is 2.72 bits per heavy atom. The lowest BCUT2D eigenvalue weighted by molar-refractivity contribution is 0.252. The number of nitrogens with zero attached hydrogens (tertiary/aromatic N) is 3. The van der Waals surface area contributed by atoms with Crippen LogP contribution < -0.4 is 14.8 Å². The van der Waals surface area contributed by atoms with Crippen molar-refractivity contribution < 1.29 is 17.4 Å². The van der Waals surface area contributed by atoms with Crippen molar-refractivity contribution in [3.8, 4) is 11.4 Å². The second-order valence-electron chi connectivity index (χ2n) is 7.00. The third-order valence-corrected chi connectivity index (χ3v) is 5.90. The molecule has 166 valence electrons. The van der Waals surface area contributed by atoms with Crippen molar-refractivity contribution >= 4 is 33.1 Å². The number of hydrogen-bond acceptors (Lipinski definition) is 6. The number of amides is 2. The van der Waals surface area contributed by atoms with Crippen LogP contribution >= 0.6 is 0 Å². The van der Waals surface area contributed by atoms with Crippen molar-refractivity contribution in [1.29, 1.82) is 0 Å². The molecule has 0 saturated carbocycles. The summed E-state index contributed by atoms with van der Waals surface area (Å²) in [6.45, 7) is 2.61. The van der Waals surface area contributed by atoms with Crippen LogP contribution in [0.15, 0.2) is 66.1 Å². The smallest absolute Gasteiger partial charge is 0.339 e. The van der Waals surface area contributed by atoms with E-state index in [9.17, 15) is 13.2 Å². The zero-order chi connectivity index (χ0) is 22.6. The van der Waals surface area contributed by atoms with E-state index in [-0.39, 0.29) is 22.6 Å². The number of aromatic amines is 1. The van der Waals surface area contributed by atoms with Crippen LogP contribution in [0.5, 0.6) is 5.75 Å². The van der Waals surface area contributed by atoms with E-state index < -0.39 is 10.1 Å². The average Bonchev–Trinajstić information content (AvgIpc) is 3.43. The van der Waals surface area contributed by atoms with Crippen LogP contribution in [0.25, 0.3) is 16.7 Å². The number of unbranched alkanes of at least 4 members (excludes halogenated alkanes) is 1. The van der Waals surface area contributed by atoms with Crippen LogP contribution in [0.4, 0.5) is 10.7 Å². The van der Waals surface area contributed by atoms with Gasteiger partial charge in [0, 0.05) is 30.7 Å². The molecule has 2 heterocycles. The predicted molar refractivity (Wildman–Crippen MR) is 119 cm³/mol. The molecule has 32 heavy (non-hydrogen) atoms. The first kappa shape index (κ1) is 21.4. The molecule has 0 radical (unpaired) electrons. The summed E-state index contributed by atoms with van der Waals surface area (Å²) < 4.78 is 32.4. The van der Waals surface area contributed by atoms with Crippen LogP contribution in [0.2, 0.25) is 0 Å². The number of nitrogens with one attached hydrogen (secondary N) is 3. The van der Waals surface area contributed by atoms with Gasteiger partial charge in [-0.1, -0.05) is 13.3 Å². The number of fused-ring (bicyclic) bond motifs is 1. The third-order valence-electron chi connectivity index (χ3n) is 4.64. The topological polar surface area (TPSA) is 131 Å². The minimum absolute atomic E-state index is 0.0228. The van der Waals surface area contributed by atoms with Gasteiger partial charge in [-0.15, -0.1) is 0 Å². The highest BCUT2D eigenvalue weighted by atomic mass is 32.2. The monoisotopic (exact) mass is 454 g/mol. The molecular weight excluding hydrogens is 432 g/mol. The number of anilines is 1. The molecule has 4 aromatic rings. The minimum atomic E-state index is -4.04. The highest BCUT2D eigenvalue weighted by Crippen LogP contribution is 2.24. The standard InChI is InChI=1S/C21H22N6O4S/c1-2-3-10-23-21(28)26-20-24-18-9-6-16(13-19(18)25-20)31-32(29,30)17-7-4-15(5-8-17)27-12-11-22-14-27/h4-9,11-14H,2-3,10H2,1H3,(H3,23,24,25,26,28). The Morgan fingerprint density at radius 2 is 2.00 bits per heavy atom. The zero-order valence-corrected chi connectivity index (χ0v) is 18.1. The van der Waals surface area contributed by atoms with Gasteiger partial charge in [0.05, 0.1) is 17.4 Å². The number of carbonyl (C=O) groups is 1. The number of rotatable bonds is 8. The SMILES string of the molecule is CCCCNC(=O)Nc1nc2cc(OS(=O)(=O)c3ccc(-n4ccnc4)cc3)ccc2[nH]1. The molecule has 0 saturated heterocycles. The van der Waals surface area contributed by atoms with Crippen LogP contribution in [0.3, 0.4) is 0 Å². The van der Waals surface area contributed by atoms with E-state index in [0.717, 1.165) is 18.5 Å². The van der Waals surface area contributed by atoms with E-state index in [2.05, 4.69) is 25.6 Å². The van der Waals surface area contributed by atoms with E-state index in [1.54, 1.807) is 41.5 Å². The second-order valence-corrected chi connectivity index (χ2v) is 8.55. The summed E-state index contributed by atoms with van der Waals surface area (Å²) in [6, 6.07) is 10.5. The Balaban J connectivity index is 1.46. The first-order valence-electron chi connectivity index (χ1n) is 10.0. The molecule has 0 fully saturated rings. The molecule has 3 N–H and O–H groups in total. The third kappa shape index (κ3) is 4.89. The van der Waals surface area contributed by atoms with E-state index >= 15 is 0 Å². The van der Waals surface area contributed by atoms with Gasteiger partial charge in [-0.3, -0.25) is 5.32 Å². The van der Waals surface area contributed by atoms with Crippen molar-refractivity contribution in [2.24, 2.45) is 0 Å². The van der Waals surface area contributed by atoms with Crippen LogP contribution in [0.1, 0.15) is 19.8 Å². The van der Waals surface area contributed by atoms with Gasteiger partial charge in [0.2, 0.25) is 5.95 Å². The van der Waals surface area contributed by atoms with Crippen molar-refractivity contribution in [2.45, 2.75) is 24.7 Å². The largest absolute Gasteiger partial charge is 0.379 e. The number of urea groups is 1. The normalized spacial score (nSPS) is 11.4. The molecular formula is C21H22N6O4S. The van der Waals surface area contributed by atoms with Crippen LogP contribution in [0, 0.1) is 0 Å². The van der Waals surface area contributed by atoms with Gasteiger partial charge in [0.1, 0.15) is 10.6 Å². The van der Waals surface area contributed by atoms with Crippen LogP contribution in [-0.2, 0) is 10.1 Å². The summed E-state index contributed by atoms with van der Waals surface area (Å²) in [5, 5.41) is 5.35. The molecule has 11 heteroatoms. The highest BCUT2D eigenvalue weighted by molar-refractivity contribution is 7.87.